The second-order valence-corrected chi connectivity index (χ2v) is 7.63. The third kappa shape index (κ3) is 5.93. The molecule has 0 radical (unpaired) electrons. The Labute approximate surface area is 185 Å². The Kier molecular flexibility index (Phi) is 7.96. The van der Waals surface area contributed by atoms with E-state index in [9.17, 15) is 14.4 Å². The lowest BCUT2D eigenvalue weighted by Crippen LogP contribution is -2.25. The zero-order chi connectivity index (χ0) is 22.9. The average Bonchev–Trinajstić information content (AvgIpc) is 3.30. The van der Waals surface area contributed by atoms with E-state index in [0.717, 1.165) is 35.7 Å². The van der Waals surface area contributed by atoms with E-state index in [0.29, 0.717) is 32.5 Å². The summed E-state index contributed by atoms with van der Waals surface area (Å²) in [6.07, 6.45) is 5.15. The standard InChI is InChI=1S/C22H29N7O3/c23-22(24)27-12-6-9-17(30)25-10-4-1-5-11-26-19-18(20(31)29-21(19)32)15-13-28-16-8-3-2-7-14(15)16/h2-3,7-8,13,18,28H,1,4-6,9-12H2,(H,25,30)(H4,23,24,27)(H,29,31,32). The molecule has 2 aromatic rings. The van der Waals surface area contributed by atoms with Gasteiger partial charge in [0, 0.05) is 43.2 Å². The number of carbonyl (C=O) groups is 3. The lowest BCUT2D eigenvalue weighted by Gasteiger charge is -2.07. The van der Waals surface area contributed by atoms with Crippen LogP contribution in [0.15, 0.2) is 40.4 Å². The number of hydrogen-bond acceptors (Lipinski definition) is 5. The highest BCUT2D eigenvalue weighted by Crippen LogP contribution is 2.29. The zero-order valence-corrected chi connectivity index (χ0v) is 17.9. The van der Waals surface area contributed by atoms with Crippen molar-refractivity contribution in [2.75, 3.05) is 19.6 Å². The molecule has 1 aliphatic rings. The van der Waals surface area contributed by atoms with Crippen LogP contribution in [0.4, 0.5) is 0 Å². The van der Waals surface area contributed by atoms with Gasteiger partial charge in [0.1, 0.15) is 11.6 Å². The highest BCUT2D eigenvalue weighted by Gasteiger charge is 2.40. The fourth-order valence-corrected chi connectivity index (χ4v) is 3.66. The minimum Gasteiger partial charge on any atom is -0.370 e. The number of aromatic nitrogens is 1. The number of nitrogens with zero attached hydrogens (tertiary/aromatic N) is 2. The number of carbonyl (C=O) groups excluding carboxylic acids is 3. The molecule has 10 heteroatoms. The highest BCUT2D eigenvalue weighted by molar-refractivity contribution is 6.52. The van der Waals surface area contributed by atoms with E-state index in [1.165, 1.54) is 0 Å². The largest absolute Gasteiger partial charge is 0.370 e. The van der Waals surface area contributed by atoms with E-state index in [1.54, 1.807) is 6.20 Å². The number of hydrogen-bond donors (Lipinski definition) is 5. The van der Waals surface area contributed by atoms with E-state index >= 15 is 0 Å². The molecule has 0 saturated carbocycles. The van der Waals surface area contributed by atoms with Gasteiger partial charge < -0.3 is 21.8 Å². The molecule has 1 aromatic carbocycles. The van der Waals surface area contributed by atoms with Crippen molar-refractivity contribution in [1.82, 2.24) is 15.6 Å². The number of aromatic amines is 1. The first kappa shape index (κ1) is 23.0. The summed E-state index contributed by atoms with van der Waals surface area (Å²) < 4.78 is 0. The van der Waals surface area contributed by atoms with Crippen molar-refractivity contribution in [3.8, 4) is 0 Å². The number of amides is 3. The zero-order valence-electron chi connectivity index (χ0n) is 17.9. The summed E-state index contributed by atoms with van der Waals surface area (Å²) in [6.45, 7) is 1.46. The summed E-state index contributed by atoms with van der Waals surface area (Å²) in [6, 6.07) is 7.65. The fourth-order valence-electron chi connectivity index (χ4n) is 3.66. The average molecular weight is 440 g/mol. The van der Waals surface area contributed by atoms with E-state index in [1.807, 2.05) is 24.3 Å². The van der Waals surface area contributed by atoms with E-state index in [4.69, 9.17) is 11.5 Å². The summed E-state index contributed by atoms with van der Waals surface area (Å²) in [5.74, 6) is -1.48. The molecule has 0 bridgehead atoms. The number of aliphatic imine (C=N–C) groups is 2. The van der Waals surface area contributed by atoms with E-state index < -0.39 is 11.8 Å². The Morgan fingerprint density at radius 2 is 1.88 bits per heavy atom. The minimum absolute atomic E-state index is 0.0289. The molecule has 0 spiro atoms. The maximum Gasteiger partial charge on any atom is 0.272 e. The smallest absolute Gasteiger partial charge is 0.272 e. The van der Waals surface area contributed by atoms with E-state index in [-0.39, 0.29) is 23.5 Å². The Balaban J connectivity index is 1.43. The van der Waals surface area contributed by atoms with Crippen LogP contribution in [0.5, 0.6) is 0 Å². The maximum atomic E-state index is 12.4. The first-order chi connectivity index (χ1) is 15.5. The van der Waals surface area contributed by atoms with Gasteiger partial charge in [0.05, 0.1) is 0 Å². The first-order valence-corrected chi connectivity index (χ1v) is 10.7. The third-order valence-electron chi connectivity index (χ3n) is 5.23. The van der Waals surface area contributed by atoms with Gasteiger partial charge in [-0.1, -0.05) is 18.2 Å². The topological polar surface area (TPSA) is 168 Å². The summed E-state index contributed by atoms with van der Waals surface area (Å²) in [7, 11) is 0. The Morgan fingerprint density at radius 1 is 1.06 bits per heavy atom. The van der Waals surface area contributed by atoms with Crippen LogP contribution < -0.4 is 22.1 Å². The molecule has 1 aliphatic heterocycles. The molecule has 3 rings (SSSR count). The van der Waals surface area contributed by atoms with Crippen LogP contribution in [0.1, 0.15) is 43.6 Å². The SMILES string of the molecule is NC(N)=NCCCC(=O)NCCCCCN=C1C(=O)NC(=O)C1c1c[nH]c2ccccc12. The first-order valence-electron chi connectivity index (χ1n) is 10.7. The molecule has 2 heterocycles. The van der Waals surface area contributed by atoms with Gasteiger partial charge in [-0.2, -0.15) is 0 Å². The highest BCUT2D eigenvalue weighted by atomic mass is 16.2. The van der Waals surface area contributed by atoms with Crippen LogP contribution in [0.3, 0.4) is 0 Å². The predicted octanol–water partition coefficient (Wildman–Crippen LogP) is 0.689. The molecule has 7 N–H and O–H groups in total. The van der Waals surface area contributed by atoms with Crippen molar-refractivity contribution in [2.45, 2.75) is 38.0 Å². The fraction of sp³-hybridized carbons (Fsp3) is 0.409. The lowest BCUT2D eigenvalue weighted by molar-refractivity contribution is -0.124. The third-order valence-corrected chi connectivity index (χ3v) is 5.23. The number of guanidine groups is 1. The number of benzene rings is 1. The molecule has 1 saturated heterocycles. The van der Waals surface area contributed by atoms with Crippen LogP contribution in [0.2, 0.25) is 0 Å². The molecule has 32 heavy (non-hydrogen) atoms. The van der Waals surface area contributed by atoms with Crippen LogP contribution >= 0.6 is 0 Å². The van der Waals surface area contributed by atoms with Gasteiger partial charge in [-0.05, 0) is 37.3 Å². The van der Waals surface area contributed by atoms with Crippen molar-refractivity contribution in [3.63, 3.8) is 0 Å². The molecule has 0 aliphatic carbocycles. The predicted molar refractivity (Wildman–Crippen MR) is 123 cm³/mol. The van der Waals surface area contributed by atoms with Crippen molar-refractivity contribution < 1.29 is 14.4 Å². The van der Waals surface area contributed by atoms with Gasteiger partial charge in [-0.25, -0.2) is 0 Å². The van der Waals surface area contributed by atoms with E-state index in [2.05, 4.69) is 25.6 Å². The summed E-state index contributed by atoms with van der Waals surface area (Å²) >= 11 is 0. The van der Waals surface area contributed by atoms with Gasteiger partial charge in [-0.15, -0.1) is 0 Å². The molecular formula is C22H29N7O3. The number of nitrogens with one attached hydrogen (secondary N) is 3. The van der Waals surface area contributed by atoms with Gasteiger partial charge >= 0.3 is 0 Å². The van der Waals surface area contributed by atoms with Crippen molar-refractivity contribution >= 4 is 40.3 Å². The second-order valence-electron chi connectivity index (χ2n) is 7.63. The van der Waals surface area contributed by atoms with Crippen LogP contribution in [0.25, 0.3) is 10.9 Å². The lowest BCUT2D eigenvalue weighted by atomic mass is 9.95. The quantitative estimate of drug-likeness (QED) is 0.150. The molecular weight excluding hydrogens is 410 g/mol. The molecule has 1 atom stereocenters. The Bertz CT molecular complexity index is 1040. The number of nitrogens with two attached hydrogens (primary N) is 2. The monoisotopic (exact) mass is 439 g/mol. The number of H-pyrrole nitrogens is 1. The van der Waals surface area contributed by atoms with Gasteiger partial charge in [0.25, 0.3) is 5.91 Å². The number of imide groups is 1. The number of rotatable bonds is 11. The number of unbranched alkanes of at least 4 members (excludes halogenated alkanes) is 2. The van der Waals surface area contributed by atoms with Crippen molar-refractivity contribution in [2.24, 2.45) is 21.5 Å². The van der Waals surface area contributed by atoms with Gasteiger partial charge in [-0.3, -0.25) is 29.7 Å². The maximum absolute atomic E-state index is 12.4. The summed E-state index contributed by atoms with van der Waals surface area (Å²) in [5, 5.41) is 6.15. The molecule has 170 valence electrons. The number of para-hydroxylation sites is 1. The normalized spacial score (nSPS) is 17.0. The molecule has 3 amide bonds. The van der Waals surface area contributed by atoms with Crippen LogP contribution in [-0.4, -0.2) is 54.0 Å². The Hall–Kier alpha value is -3.69. The second kappa shape index (κ2) is 11.1. The van der Waals surface area contributed by atoms with Gasteiger partial charge in [0.2, 0.25) is 11.8 Å². The molecule has 1 unspecified atom stereocenters. The van der Waals surface area contributed by atoms with Crippen molar-refractivity contribution in [3.05, 3.63) is 36.0 Å². The van der Waals surface area contributed by atoms with Crippen LogP contribution in [0, 0.1) is 0 Å². The number of fused-ring (bicyclic) bond motifs is 1. The molecule has 1 fully saturated rings. The van der Waals surface area contributed by atoms with Crippen molar-refractivity contribution in [1.29, 1.82) is 0 Å². The minimum atomic E-state index is -0.697. The summed E-state index contributed by atoms with van der Waals surface area (Å²) in [4.78, 5) is 47.8. The molecule has 1 aromatic heterocycles. The Morgan fingerprint density at radius 3 is 2.69 bits per heavy atom. The van der Waals surface area contributed by atoms with Gasteiger partial charge in [0.15, 0.2) is 5.96 Å². The summed E-state index contributed by atoms with van der Waals surface area (Å²) in [5.41, 5.74) is 12.4. The molecule has 10 nitrogen and oxygen atoms in total. The van der Waals surface area contributed by atoms with Crippen LogP contribution in [-0.2, 0) is 14.4 Å².